The minimum atomic E-state index is -0.155. The first-order chi connectivity index (χ1) is 4.20. The Bertz CT molecular complexity index is 216. The maximum absolute atomic E-state index is 12.3. The van der Waals surface area contributed by atoms with Crippen LogP contribution in [0.1, 0.15) is 11.1 Å². The monoisotopic (exact) mass is 124 g/mol. The highest BCUT2D eigenvalue weighted by molar-refractivity contribution is 5.24. The second-order valence-electron chi connectivity index (χ2n) is 2.23. The molecule has 0 nitrogen and oxygen atoms in total. The van der Waals surface area contributed by atoms with Crippen molar-refractivity contribution in [1.82, 2.24) is 0 Å². The third-order valence-electron chi connectivity index (χ3n) is 1.47. The minimum absolute atomic E-state index is 0.155. The van der Waals surface area contributed by atoms with Crippen LogP contribution in [-0.4, -0.2) is 0 Å². The van der Waals surface area contributed by atoms with Gasteiger partial charge >= 0.3 is 0 Å². The number of aryl methyl sites for hydroxylation is 2. The van der Waals surface area contributed by atoms with Crippen LogP contribution in [0.4, 0.5) is 4.39 Å². The maximum atomic E-state index is 12.3. The molecule has 1 aromatic carbocycles. The van der Waals surface area contributed by atoms with E-state index >= 15 is 0 Å². The summed E-state index contributed by atoms with van der Waals surface area (Å²) in [5.41, 5.74) is 2.14. The van der Waals surface area contributed by atoms with Gasteiger partial charge in [0.1, 0.15) is 5.82 Å². The lowest BCUT2D eigenvalue weighted by molar-refractivity contribution is 0.626. The standard InChI is InChI=1S/C8H9F/c1-6-3-4-8(9)5-7(6)2/h3-5H,1-2H3. The van der Waals surface area contributed by atoms with E-state index in [-0.39, 0.29) is 5.82 Å². The second kappa shape index (κ2) is 2.18. The molecule has 1 heteroatoms. The van der Waals surface area contributed by atoms with Gasteiger partial charge in [0.05, 0.1) is 0 Å². The van der Waals surface area contributed by atoms with Crippen molar-refractivity contribution in [2.24, 2.45) is 0 Å². The van der Waals surface area contributed by atoms with Gasteiger partial charge in [-0.3, -0.25) is 0 Å². The largest absolute Gasteiger partial charge is 0.207 e. The summed E-state index contributed by atoms with van der Waals surface area (Å²) in [6.07, 6.45) is 0. The van der Waals surface area contributed by atoms with Crippen molar-refractivity contribution in [1.29, 1.82) is 0 Å². The molecule has 48 valence electrons. The van der Waals surface area contributed by atoms with Crippen LogP contribution in [0.25, 0.3) is 0 Å². The molecule has 0 aromatic heterocycles. The van der Waals surface area contributed by atoms with Crippen LogP contribution < -0.4 is 0 Å². The summed E-state index contributed by atoms with van der Waals surface area (Å²) in [6.45, 7) is 3.87. The van der Waals surface area contributed by atoms with Crippen molar-refractivity contribution < 1.29 is 4.39 Å². The van der Waals surface area contributed by atoms with Crippen LogP contribution in [0.5, 0.6) is 0 Å². The Balaban J connectivity index is 3.17. The van der Waals surface area contributed by atoms with Gasteiger partial charge in [-0.15, -0.1) is 0 Å². The fraction of sp³-hybridized carbons (Fsp3) is 0.250. The maximum Gasteiger partial charge on any atom is 0.123 e. The molecule has 0 unspecified atom stereocenters. The molecule has 0 radical (unpaired) electrons. The molecule has 0 heterocycles. The summed E-state index contributed by atoms with van der Waals surface area (Å²) < 4.78 is 12.3. The van der Waals surface area contributed by atoms with Crippen LogP contribution in [0.15, 0.2) is 18.2 Å². The molecule has 1 aromatic rings. The van der Waals surface area contributed by atoms with E-state index in [4.69, 9.17) is 0 Å². The number of rotatable bonds is 0. The quantitative estimate of drug-likeness (QED) is 0.498. The van der Waals surface area contributed by atoms with Gasteiger partial charge in [-0.05, 0) is 37.1 Å². The van der Waals surface area contributed by atoms with E-state index < -0.39 is 0 Å². The predicted molar refractivity (Wildman–Crippen MR) is 35.9 cm³/mol. The molecule has 0 aliphatic carbocycles. The fourth-order valence-electron chi connectivity index (χ4n) is 0.705. The summed E-state index contributed by atoms with van der Waals surface area (Å²) in [7, 11) is 0. The Hall–Kier alpha value is -0.850. The van der Waals surface area contributed by atoms with Gasteiger partial charge in [0, 0.05) is 0 Å². The number of hydrogen-bond donors (Lipinski definition) is 0. The van der Waals surface area contributed by atoms with Crippen LogP contribution in [-0.2, 0) is 0 Å². The normalized spacial score (nSPS) is 9.67. The van der Waals surface area contributed by atoms with Crippen molar-refractivity contribution >= 4 is 0 Å². The molecular weight excluding hydrogens is 115 g/mol. The van der Waals surface area contributed by atoms with E-state index in [0.717, 1.165) is 11.1 Å². The van der Waals surface area contributed by atoms with Crippen molar-refractivity contribution in [3.05, 3.63) is 35.1 Å². The molecular formula is C8H9F. The van der Waals surface area contributed by atoms with E-state index in [0.29, 0.717) is 0 Å². The zero-order valence-corrected chi connectivity index (χ0v) is 5.61. The Labute approximate surface area is 54.3 Å². The van der Waals surface area contributed by atoms with Crippen LogP contribution in [0, 0.1) is 19.7 Å². The van der Waals surface area contributed by atoms with Crippen molar-refractivity contribution in [2.45, 2.75) is 13.8 Å². The van der Waals surface area contributed by atoms with E-state index in [9.17, 15) is 4.39 Å². The molecule has 0 atom stereocenters. The van der Waals surface area contributed by atoms with Gasteiger partial charge in [-0.2, -0.15) is 0 Å². The van der Waals surface area contributed by atoms with Gasteiger partial charge in [-0.25, -0.2) is 4.39 Å². The Morgan fingerprint density at radius 2 is 1.78 bits per heavy atom. The zero-order chi connectivity index (χ0) is 6.85. The Morgan fingerprint density at radius 1 is 1.11 bits per heavy atom. The summed E-state index contributed by atoms with van der Waals surface area (Å²) >= 11 is 0. The Kier molecular flexibility index (Phi) is 1.52. The number of halogens is 1. The van der Waals surface area contributed by atoms with Crippen LogP contribution in [0.2, 0.25) is 0 Å². The smallest absolute Gasteiger partial charge is 0.123 e. The highest BCUT2D eigenvalue weighted by Gasteiger charge is 1.91. The van der Waals surface area contributed by atoms with E-state index in [1.54, 1.807) is 6.07 Å². The lowest BCUT2D eigenvalue weighted by Gasteiger charge is -1.96. The van der Waals surface area contributed by atoms with Crippen LogP contribution >= 0.6 is 0 Å². The lowest BCUT2D eigenvalue weighted by atomic mass is 10.1. The summed E-state index contributed by atoms with van der Waals surface area (Å²) in [5.74, 6) is -0.155. The van der Waals surface area contributed by atoms with E-state index in [1.807, 2.05) is 13.8 Å². The van der Waals surface area contributed by atoms with Gasteiger partial charge in [-0.1, -0.05) is 6.07 Å². The van der Waals surface area contributed by atoms with Gasteiger partial charge in [0.15, 0.2) is 0 Å². The average Bonchev–Trinajstić information content (AvgIpc) is 1.80. The summed E-state index contributed by atoms with van der Waals surface area (Å²) in [4.78, 5) is 0. The van der Waals surface area contributed by atoms with E-state index in [2.05, 4.69) is 0 Å². The van der Waals surface area contributed by atoms with Gasteiger partial charge in [0.25, 0.3) is 0 Å². The van der Waals surface area contributed by atoms with Crippen molar-refractivity contribution in [3.63, 3.8) is 0 Å². The fourth-order valence-corrected chi connectivity index (χ4v) is 0.705. The summed E-state index contributed by atoms with van der Waals surface area (Å²) in [5, 5.41) is 0. The first kappa shape index (κ1) is 6.27. The minimum Gasteiger partial charge on any atom is -0.207 e. The molecule has 0 aliphatic heterocycles. The van der Waals surface area contributed by atoms with Gasteiger partial charge in [0.2, 0.25) is 0 Å². The SMILES string of the molecule is Cc1ccc(F)cc1C. The second-order valence-corrected chi connectivity index (χ2v) is 2.23. The van der Waals surface area contributed by atoms with Crippen molar-refractivity contribution in [2.75, 3.05) is 0 Å². The third-order valence-corrected chi connectivity index (χ3v) is 1.47. The highest BCUT2D eigenvalue weighted by atomic mass is 19.1. The zero-order valence-electron chi connectivity index (χ0n) is 5.61. The molecule has 0 amide bonds. The van der Waals surface area contributed by atoms with Gasteiger partial charge < -0.3 is 0 Å². The third kappa shape index (κ3) is 1.28. The summed E-state index contributed by atoms with van der Waals surface area (Å²) in [6, 6.07) is 4.79. The molecule has 0 bridgehead atoms. The first-order valence-corrected chi connectivity index (χ1v) is 2.93. The molecule has 9 heavy (non-hydrogen) atoms. The number of benzene rings is 1. The molecule has 1 rings (SSSR count). The van der Waals surface area contributed by atoms with E-state index in [1.165, 1.54) is 12.1 Å². The molecule has 0 aliphatic rings. The highest BCUT2D eigenvalue weighted by Crippen LogP contribution is 2.07. The number of hydrogen-bond acceptors (Lipinski definition) is 0. The average molecular weight is 124 g/mol. The van der Waals surface area contributed by atoms with Crippen LogP contribution in [0.3, 0.4) is 0 Å². The van der Waals surface area contributed by atoms with Crippen molar-refractivity contribution in [3.8, 4) is 0 Å². The molecule has 0 spiro atoms. The lowest BCUT2D eigenvalue weighted by Crippen LogP contribution is -1.80. The predicted octanol–water partition coefficient (Wildman–Crippen LogP) is 2.44. The molecule has 0 fully saturated rings. The first-order valence-electron chi connectivity index (χ1n) is 2.93. The molecule has 0 saturated heterocycles. The Morgan fingerprint density at radius 3 is 2.22 bits per heavy atom. The topological polar surface area (TPSA) is 0 Å². The molecule has 0 saturated carbocycles. The molecule has 0 N–H and O–H groups in total.